The number of carbonyl (C=O) groups excluding carboxylic acids is 1. The van der Waals surface area contributed by atoms with Gasteiger partial charge in [0.15, 0.2) is 5.78 Å². The lowest BCUT2D eigenvalue weighted by Gasteiger charge is -2.11. The summed E-state index contributed by atoms with van der Waals surface area (Å²) in [5.41, 5.74) is 0.734. The predicted molar refractivity (Wildman–Crippen MR) is 91.9 cm³/mol. The smallest absolute Gasteiger partial charge is 0.406 e. The van der Waals surface area contributed by atoms with E-state index in [4.69, 9.17) is 0 Å². The van der Waals surface area contributed by atoms with Gasteiger partial charge in [0.25, 0.3) is 0 Å². The van der Waals surface area contributed by atoms with Crippen LogP contribution in [0.25, 0.3) is 5.69 Å². The second kappa shape index (κ2) is 7.97. The van der Waals surface area contributed by atoms with Crippen molar-refractivity contribution in [1.29, 1.82) is 0 Å². The van der Waals surface area contributed by atoms with Crippen molar-refractivity contribution in [2.45, 2.75) is 23.7 Å². The van der Waals surface area contributed by atoms with E-state index in [1.165, 1.54) is 41.1 Å². The molecule has 1 aromatic heterocycles. The first-order valence-electron chi connectivity index (χ1n) is 7.84. The van der Waals surface area contributed by atoms with Gasteiger partial charge in [-0.1, -0.05) is 11.8 Å². The zero-order valence-electron chi connectivity index (χ0n) is 14.2. The van der Waals surface area contributed by atoms with Crippen LogP contribution in [0.2, 0.25) is 0 Å². The van der Waals surface area contributed by atoms with Crippen molar-refractivity contribution < 1.29 is 27.1 Å². The third-order valence-corrected chi connectivity index (χ3v) is 4.57. The Bertz CT molecular complexity index is 959. The summed E-state index contributed by atoms with van der Waals surface area (Å²) in [5.74, 6) is -1.06. The van der Waals surface area contributed by atoms with Gasteiger partial charge in [0, 0.05) is 5.56 Å². The number of halogens is 4. The van der Waals surface area contributed by atoms with Gasteiger partial charge < -0.3 is 4.74 Å². The molecule has 146 valence electrons. The lowest BCUT2D eigenvalue weighted by atomic mass is 10.1. The van der Waals surface area contributed by atoms with Crippen LogP contribution in [0, 0.1) is 5.82 Å². The monoisotopic (exact) mass is 412 g/mol. The summed E-state index contributed by atoms with van der Waals surface area (Å²) in [7, 11) is 0. The van der Waals surface area contributed by atoms with Gasteiger partial charge in [-0.05, 0) is 65.9 Å². The zero-order valence-corrected chi connectivity index (χ0v) is 15.0. The van der Waals surface area contributed by atoms with Crippen LogP contribution in [0.5, 0.6) is 5.75 Å². The number of aromatic nitrogens is 4. The molecule has 0 N–H and O–H groups in total. The minimum absolute atomic E-state index is 0.242. The number of hydrogen-bond donors (Lipinski definition) is 0. The number of thioether (sulfide) groups is 1. The molecule has 0 bridgehead atoms. The Labute approximate surface area is 160 Å². The molecule has 28 heavy (non-hydrogen) atoms. The van der Waals surface area contributed by atoms with E-state index in [1.807, 2.05) is 0 Å². The van der Waals surface area contributed by atoms with Gasteiger partial charge in [-0.15, -0.1) is 18.3 Å². The van der Waals surface area contributed by atoms with Gasteiger partial charge in [0.05, 0.1) is 10.9 Å². The van der Waals surface area contributed by atoms with Crippen LogP contribution in [-0.4, -0.2) is 37.6 Å². The summed E-state index contributed by atoms with van der Waals surface area (Å²) < 4.78 is 54.8. The van der Waals surface area contributed by atoms with Gasteiger partial charge in [-0.25, -0.2) is 4.39 Å². The number of ketones is 1. The Morgan fingerprint density at radius 3 is 2.36 bits per heavy atom. The minimum atomic E-state index is -4.78. The van der Waals surface area contributed by atoms with Crippen molar-refractivity contribution >= 4 is 17.5 Å². The number of hydrogen-bond acceptors (Lipinski definition) is 6. The van der Waals surface area contributed by atoms with Crippen LogP contribution in [0.3, 0.4) is 0 Å². The van der Waals surface area contributed by atoms with Gasteiger partial charge in [-0.2, -0.15) is 4.68 Å². The summed E-state index contributed by atoms with van der Waals surface area (Å²) in [5, 5.41) is 10.9. The second-order valence-electron chi connectivity index (χ2n) is 5.55. The molecule has 0 saturated carbocycles. The van der Waals surface area contributed by atoms with E-state index in [1.54, 1.807) is 6.92 Å². The zero-order chi connectivity index (χ0) is 20.3. The molecule has 0 saturated heterocycles. The van der Waals surface area contributed by atoms with Crippen molar-refractivity contribution in [3.8, 4) is 11.4 Å². The first kappa shape index (κ1) is 19.8. The molecule has 11 heteroatoms. The number of benzene rings is 2. The number of rotatable bonds is 6. The van der Waals surface area contributed by atoms with Gasteiger partial charge in [-0.3, -0.25) is 4.79 Å². The molecule has 3 rings (SSSR count). The van der Waals surface area contributed by atoms with Crippen molar-refractivity contribution in [3.05, 3.63) is 59.9 Å². The number of tetrazole rings is 1. The molecule has 1 heterocycles. The highest BCUT2D eigenvalue weighted by Gasteiger charge is 2.31. The fourth-order valence-electron chi connectivity index (χ4n) is 2.26. The maximum absolute atomic E-state index is 13.0. The Hall–Kier alpha value is -2.95. The average Bonchev–Trinajstić information content (AvgIpc) is 3.09. The molecule has 0 aliphatic carbocycles. The van der Waals surface area contributed by atoms with Crippen LogP contribution in [-0.2, 0) is 0 Å². The molecule has 0 spiro atoms. The second-order valence-corrected chi connectivity index (χ2v) is 6.85. The molecule has 1 atom stereocenters. The first-order chi connectivity index (χ1) is 13.2. The highest BCUT2D eigenvalue weighted by Crippen LogP contribution is 2.27. The summed E-state index contributed by atoms with van der Waals surface area (Å²) in [6.45, 7) is 1.65. The summed E-state index contributed by atoms with van der Waals surface area (Å²) >= 11 is 1.07. The fourth-order valence-corrected chi connectivity index (χ4v) is 3.15. The summed E-state index contributed by atoms with van der Waals surface area (Å²) in [4.78, 5) is 12.5. The van der Waals surface area contributed by atoms with Crippen molar-refractivity contribution in [1.82, 2.24) is 20.2 Å². The Morgan fingerprint density at radius 1 is 1.11 bits per heavy atom. The standard InChI is InChI=1S/C17H12F4N4O2S/c1-10(15(26)11-2-4-12(18)5-3-11)28-16-22-23-24-25(16)13-6-8-14(9-7-13)27-17(19,20)21/h2-10H,1H3/t10-/m0/s1. The number of nitrogens with zero attached hydrogens (tertiary/aromatic N) is 4. The van der Waals surface area contributed by atoms with Gasteiger partial charge in [0.2, 0.25) is 5.16 Å². The molecule has 0 aliphatic heterocycles. The first-order valence-corrected chi connectivity index (χ1v) is 8.72. The lowest BCUT2D eigenvalue weighted by molar-refractivity contribution is -0.274. The normalized spacial score (nSPS) is 12.6. The van der Waals surface area contributed by atoms with Crippen LogP contribution in [0.15, 0.2) is 53.7 Å². The molecule has 6 nitrogen and oxygen atoms in total. The van der Waals surface area contributed by atoms with Crippen LogP contribution < -0.4 is 4.74 Å². The van der Waals surface area contributed by atoms with Crippen molar-refractivity contribution in [2.75, 3.05) is 0 Å². The number of alkyl halides is 3. The molecule has 0 radical (unpaired) electrons. The van der Waals surface area contributed by atoms with Crippen LogP contribution >= 0.6 is 11.8 Å². The Kier molecular flexibility index (Phi) is 5.63. The minimum Gasteiger partial charge on any atom is -0.406 e. The number of carbonyl (C=O) groups is 1. The summed E-state index contributed by atoms with van der Waals surface area (Å²) in [6, 6.07) is 10.1. The molecule has 0 unspecified atom stereocenters. The molecule has 2 aromatic carbocycles. The summed E-state index contributed by atoms with van der Waals surface area (Å²) in [6.07, 6.45) is -4.78. The highest BCUT2D eigenvalue weighted by atomic mass is 32.2. The predicted octanol–water partition coefficient (Wildman–Crippen LogP) is 4.06. The number of Topliss-reactive ketones (excluding diaryl/α,β-unsaturated/α-hetero) is 1. The van der Waals surface area contributed by atoms with E-state index >= 15 is 0 Å². The van der Waals surface area contributed by atoms with Crippen LogP contribution in [0.4, 0.5) is 17.6 Å². The van der Waals surface area contributed by atoms with Crippen molar-refractivity contribution in [3.63, 3.8) is 0 Å². The molecule has 0 aliphatic rings. The van der Waals surface area contributed by atoms with E-state index in [2.05, 4.69) is 20.3 Å². The number of ether oxygens (including phenoxy) is 1. The molecular weight excluding hydrogens is 400 g/mol. The van der Waals surface area contributed by atoms with Crippen molar-refractivity contribution in [2.24, 2.45) is 0 Å². The third kappa shape index (κ3) is 4.85. The van der Waals surface area contributed by atoms with E-state index in [9.17, 15) is 22.4 Å². The molecule has 0 amide bonds. The molecule has 0 fully saturated rings. The maximum Gasteiger partial charge on any atom is 0.573 e. The quantitative estimate of drug-likeness (QED) is 0.346. The van der Waals surface area contributed by atoms with E-state index in [-0.39, 0.29) is 16.7 Å². The van der Waals surface area contributed by atoms with Gasteiger partial charge in [0.1, 0.15) is 11.6 Å². The van der Waals surface area contributed by atoms with Crippen LogP contribution in [0.1, 0.15) is 17.3 Å². The fraction of sp³-hybridized carbons (Fsp3) is 0.176. The largest absolute Gasteiger partial charge is 0.573 e. The average molecular weight is 412 g/mol. The van der Waals surface area contributed by atoms with E-state index in [0.29, 0.717) is 11.3 Å². The van der Waals surface area contributed by atoms with E-state index < -0.39 is 17.4 Å². The van der Waals surface area contributed by atoms with E-state index in [0.717, 1.165) is 23.9 Å². The Balaban J connectivity index is 1.74. The lowest BCUT2D eigenvalue weighted by Crippen LogP contribution is -2.17. The molecule has 3 aromatic rings. The van der Waals surface area contributed by atoms with Gasteiger partial charge >= 0.3 is 6.36 Å². The Morgan fingerprint density at radius 2 is 1.75 bits per heavy atom. The third-order valence-electron chi connectivity index (χ3n) is 3.54. The SMILES string of the molecule is C[C@H](Sc1nnnn1-c1ccc(OC(F)(F)F)cc1)C(=O)c1ccc(F)cc1. The maximum atomic E-state index is 13.0. The molecular formula is C17H12F4N4O2S. The highest BCUT2D eigenvalue weighted by molar-refractivity contribution is 8.00. The topological polar surface area (TPSA) is 69.9 Å².